The molecule has 192 valence electrons. The lowest BCUT2D eigenvalue weighted by molar-refractivity contribution is 0.0945. The molecule has 3 aromatic carbocycles. The number of amides is 1. The molecule has 0 bridgehead atoms. The van der Waals surface area contributed by atoms with Gasteiger partial charge in [0.15, 0.2) is 16.6 Å². The van der Waals surface area contributed by atoms with Crippen LogP contribution in [0.5, 0.6) is 23.0 Å². The van der Waals surface area contributed by atoms with Gasteiger partial charge in [0, 0.05) is 39.3 Å². The molecule has 0 aliphatic carbocycles. The zero-order valence-electron chi connectivity index (χ0n) is 21.0. The fourth-order valence-corrected chi connectivity index (χ4v) is 5.39. The maximum absolute atomic E-state index is 12.9. The van der Waals surface area contributed by atoms with Gasteiger partial charge in [0.25, 0.3) is 5.91 Å². The van der Waals surface area contributed by atoms with Crippen LogP contribution in [0, 0.1) is 0 Å². The van der Waals surface area contributed by atoms with E-state index in [4.69, 9.17) is 19.2 Å². The van der Waals surface area contributed by atoms with Crippen molar-refractivity contribution in [1.29, 1.82) is 0 Å². The second-order valence-corrected chi connectivity index (χ2v) is 9.65. The number of benzene rings is 3. The third-order valence-electron chi connectivity index (χ3n) is 6.35. The van der Waals surface area contributed by atoms with Crippen LogP contribution in [-0.2, 0) is 0 Å². The van der Waals surface area contributed by atoms with E-state index >= 15 is 0 Å². The number of piperazine rings is 1. The summed E-state index contributed by atoms with van der Waals surface area (Å²) in [6.45, 7) is 4.91. The van der Waals surface area contributed by atoms with Gasteiger partial charge in [0.2, 0.25) is 0 Å². The summed E-state index contributed by atoms with van der Waals surface area (Å²) in [6, 6.07) is 20.7. The van der Waals surface area contributed by atoms with Crippen molar-refractivity contribution < 1.29 is 19.0 Å². The summed E-state index contributed by atoms with van der Waals surface area (Å²) in [4.78, 5) is 22.4. The zero-order chi connectivity index (χ0) is 25.6. The normalized spacial score (nSPS) is 13.9. The van der Waals surface area contributed by atoms with Crippen LogP contribution in [0.4, 0.5) is 5.13 Å². The number of nitrogens with zero attached hydrogens (tertiary/aromatic N) is 3. The van der Waals surface area contributed by atoms with E-state index in [1.165, 1.54) is 0 Å². The molecule has 9 heteroatoms. The van der Waals surface area contributed by atoms with Gasteiger partial charge in [-0.15, -0.1) is 0 Å². The first-order valence-electron chi connectivity index (χ1n) is 12.2. The SMILES string of the molecule is COc1ccc2sc(N3CCN(CCNC(=O)c4ccccc4Oc4ccccc4)CC3)nc2c1OC. The van der Waals surface area contributed by atoms with E-state index in [0.717, 1.165) is 48.1 Å². The molecule has 1 aromatic heterocycles. The molecule has 4 aromatic rings. The lowest BCUT2D eigenvalue weighted by Gasteiger charge is -2.34. The Hall–Kier alpha value is -3.82. The molecule has 0 atom stereocenters. The summed E-state index contributed by atoms with van der Waals surface area (Å²) < 4.78 is 18.0. The van der Waals surface area contributed by atoms with Gasteiger partial charge in [-0.25, -0.2) is 4.98 Å². The first kappa shape index (κ1) is 24.9. The van der Waals surface area contributed by atoms with Gasteiger partial charge < -0.3 is 24.4 Å². The average Bonchev–Trinajstić information content (AvgIpc) is 3.38. The number of methoxy groups -OCH3 is 2. The molecule has 5 rings (SSSR count). The predicted molar refractivity (Wildman–Crippen MR) is 147 cm³/mol. The summed E-state index contributed by atoms with van der Waals surface area (Å²) in [5, 5.41) is 4.04. The number of hydrogen-bond donors (Lipinski definition) is 1. The molecule has 0 saturated carbocycles. The minimum absolute atomic E-state index is 0.135. The second kappa shape index (κ2) is 11.5. The van der Waals surface area contributed by atoms with Gasteiger partial charge in [0.1, 0.15) is 17.0 Å². The minimum atomic E-state index is -0.135. The Balaban J connectivity index is 1.13. The molecule has 1 N–H and O–H groups in total. The number of thiazole rings is 1. The standard InChI is InChI=1S/C28H30N4O4S/c1-34-23-12-13-24-25(26(23)35-2)30-28(37-24)32-18-16-31(17-19-32)15-14-29-27(33)21-10-6-7-11-22(21)36-20-8-4-3-5-9-20/h3-13H,14-19H2,1-2H3,(H,29,33). The van der Waals surface area contributed by atoms with Crippen LogP contribution in [0.25, 0.3) is 10.2 Å². The van der Waals surface area contributed by atoms with E-state index in [1.54, 1.807) is 31.6 Å². The highest BCUT2D eigenvalue weighted by molar-refractivity contribution is 7.22. The monoisotopic (exact) mass is 518 g/mol. The molecule has 2 heterocycles. The van der Waals surface area contributed by atoms with Crippen molar-refractivity contribution in [2.75, 3.05) is 58.4 Å². The van der Waals surface area contributed by atoms with Crippen LogP contribution >= 0.6 is 11.3 Å². The summed E-state index contributed by atoms with van der Waals surface area (Å²) in [6.07, 6.45) is 0. The second-order valence-electron chi connectivity index (χ2n) is 8.64. The molecule has 8 nitrogen and oxygen atoms in total. The Kier molecular flexibility index (Phi) is 7.72. The van der Waals surface area contributed by atoms with Crippen LogP contribution < -0.4 is 24.4 Å². The molecule has 1 aliphatic heterocycles. The van der Waals surface area contributed by atoms with Crippen molar-refractivity contribution in [1.82, 2.24) is 15.2 Å². The number of carbonyl (C=O) groups is 1. The Morgan fingerprint density at radius 1 is 0.919 bits per heavy atom. The summed E-state index contributed by atoms with van der Waals surface area (Å²) in [5.74, 6) is 2.47. The maximum Gasteiger partial charge on any atom is 0.255 e. The van der Waals surface area contributed by atoms with E-state index in [1.807, 2.05) is 60.7 Å². The van der Waals surface area contributed by atoms with Gasteiger partial charge in [-0.3, -0.25) is 9.69 Å². The van der Waals surface area contributed by atoms with Gasteiger partial charge in [-0.2, -0.15) is 0 Å². The zero-order valence-corrected chi connectivity index (χ0v) is 21.8. The van der Waals surface area contributed by atoms with Crippen LogP contribution in [0.2, 0.25) is 0 Å². The number of carbonyl (C=O) groups excluding carboxylic acids is 1. The molecular weight excluding hydrogens is 488 g/mol. The molecule has 1 aliphatic rings. The van der Waals surface area contributed by atoms with Gasteiger partial charge >= 0.3 is 0 Å². The first-order chi connectivity index (χ1) is 18.2. The molecule has 0 radical (unpaired) electrons. The maximum atomic E-state index is 12.9. The van der Waals surface area contributed by atoms with Gasteiger partial charge in [-0.1, -0.05) is 41.7 Å². The molecule has 37 heavy (non-hydrogen) atoms. The van der Waals surface area contributed by atoms with Crippen LogP contribution in [-0.4, -0.2) is 69.3 Å². The molecular formula is C28H30N4O4S. The van der Waals surface area contributed by atoms with E-state index in [9.17, 15) is 4.79 Å². The highest BCUT2D eigenvalue weighted by atomic mass is 32.1. The van der Waals surface area contributed by atoms with Crippen LogP contribution in [0.3, 0.4) is 0 Å². The number of anilines is 1. The van der Waals surface area contributed by atoms with Crippen molar-refractivity contribution in [2.45, 2.75) is 0 Å². The highest BCUT2D eigenvalue weighted by Crippen LogP contribution is 2.40. The smallest absolute Gasteiger partial charge is 0.255 e. The largest absolute Gasteiger partial charge is 0.493 e. The Bertz CT molecular complexity index is 1350. The van der Waals surface area contributed by atoms with Crippen molar-refractivity contribution >= 4 is 32.6 Å². The summed E-state index contributed by atoms with van der Waals surface area (Å²) in [5.41, 5.74) is 1.36. The summed E-state index contributed by atoms with van der Waals surface area (Å²) >= 11 is 1.67. The number of aromatic nitrogens is 1. The van der Waals surface area contributed by atoms with E-state index in [2.05, 4.69) is 15.1 Å². The van der Waals surface area contributed by atoms with Crippen molar-refractivity contribution in [3.63, 3.8) is 0 Å². The van der Waals surface area contributed by atoms with Gasteiger partial charge in [0.05, 0.1) is 24.5 Å². The highest BCUT2D eigenvalue weighted by Gasteiger charge is 2.22. The van der Waals surface area contributed by atoms with Crippen molar-refractivity contribution in [2.24, 2.45) is 0 Å². The lowest BCUT2D eigenvalue weighted by Crippen LogP contribution is -2.48. The van der Waals surface area contributed by atoms with E-state index in [0.29, 0.717) is 35.1 Å². The molecule has 1 fully saturated rings. The van der Waals surface area contributed by atoms with Gasteiger partial charge in [-0.05, 0) is 36.4 Å². The number of fused-ring (bicyclic) bond motifs is 1. The van der Waals surface area contributed by atoms with Crippen LogP contribution in [0.1, 0.15) is 10.4 Å². The number of rotatable bonds is 9. The Morgan fingerprint density at radius 3 is 2.43 bits per heavy atom. The van der Waals surface area contributed by atoms with Crippen molar-refractivity contribution in [3.8, 4) is 23.0 Å². The quantitative estimate of drug-likeness (QED) is 0.345. The fraction of sp³-hybridized carbons (Fsp3) is 0.286. The molecule has 1 amide bonds. The number of hydrogen-bond acceptors (Lipinski definition) is 8. The third kappa shape index (κ3) is 5.63. The fourth-order valence-electron chi connectivity index (χ4n) is 4.38. The molecule has 0 unspecified atom stereocenters. The Labute approximate surface area is 220 Å². The summed E-state index contributed by atoms with van der Waals surface area (Å²) in [7, 11) is 3.28. The average molecular weight is 519 g/mol. The third-order valence-corrected chi connectivity index (χ3v) is 7.43. The minimum Gasteiger partial charge on any atom is -0.493 e. The molecule has 1 saturated heterocycles. The predicted octanol–water partition coefficient (Wildman–Crippen LogP) is 4.66. The number of ether oxygens (including phenoxy) is 3. The number of para-hydroxylation sites is 2. The topological polar surface area (TPSA) is 76.2 Å². The van der Waals surface area contributed by atoms with E-state index in [-0.39, 0.29) is 5.91 Å². The lowest BCUT2D eigenvalue weighted by atomic mass is 10.2. The first-order valence-corrected chi connectivity index (χ1v) is 13.1. The van der Waals surface area contributed by atoms with Crippen molar-refractivity contribution in [3.05, 3.63) is 72.3 Å². The molecule has 0 spiro atoms. The Morgan fingerprint density at radius 2 is 1.68 bits per heavy atom. The van der Waals surface area contributed by atoms with Crippen LogP contribution in [0.15, 0.2) is 66.7 Å². The van der Waals surface area contributed by atoms with E-state index < -0.39 is 0 Å². The number of nitrogens with one attached hydrogen (secondary N) is 1.